The highest BCUT2D eigenvalue weighted by Crippen LogP contribution is 2.11. The summed E-state index contributed by atoms with van der Waals surface area (Å²) in [6.45, 7) is 3.96. The van der Waals surface area contributed by atoms with Crippen LogP contribution >= 0.6 is 0 Å². The Balaban J connectivity index is 2.57. The highest BCUT2D eigenvalue weighted by Gasteiger charge is 2.15. The molecule has 1 aromatic heterocycles. The number of H-pyrrole nitrogens is 1. The molecular formula is C9H16N4O2. The van der Waals surface area contributed by atoms with Crippen LogP contribution in [0.4, 0.5) is 5.95 Å². The fourth-order valence-electron chi connectivity index (χ4n) is 1.27. The molecule has 0 atom stereocenters. The predicted molar refractivity (Wildman–Crippen MR) is 55.6 cm³/mol. The minimum Gasteiger partial charge on any atom is -0.466 e. The molecule has 0 saturated heterocycles. The second kappa shape index (κ2) is 5.33. The minimum atomic E-state index is -0.0428. The van der Waals surface area contributed by atoms with Crippen LogP contribution in [0.25, 0.3) is 0 Å². The second-order valence-corrected chi connectivity index (χ2v) is 3.17. The molecule has 6 nitrogen and oxygen atoms in total. The quantitative estimate of drug-likeness (QED) is 0.768. The first kappa shape index (κ1) is 11.5. The van der Waals surface area contributed by atoms with Crippen LogP contribution in [0.3, 0.4) is 0 Å². The Morgan fingerprint density at radius 2 is 2.20 bits per heavy atom. The van der Waals surface area contributed by atoms with E-state index in [9.17, 15) is 4.79 Å². The van der Waals surface area contributed by atoms with Crippen LogP contribution in [-0.2, 0) is 4.79 Å². The summed E-state index contributed by atoms with van der Waals surface area (Å²) >= 11 is 0. The highest BCUT2D eigenvalue weighted by molar-refractivity contribution is 5.90. The van der Waals surface area contributed by atoms with Crippen LogP contribution in [0.2, 0.25) is 0 Å². The number of ether oxygens (including phenoxy) is 1. The Morgan fingerprint density at radius 3 is 2.67 bits per heavy atom. The van der Waals surface area contributed by atoms with E-state index >= 15 is 0 Å². The molecule has 15 heavy (non-hydrogen) atoms. The van der Waals surface area contributed by atoms with Gasteiger partial charge in [-0.05, 0) is 12.8 Å². The molecule has 0 unspecified atom stereocenters. The first-order valence-electron chi connectivity index (χ1n) is 4.98. The van der Waals surface area contributed by atoms with Gasteiger partial charge >= 0.3 is 6.01 Å². The molecule has 1 amide bonds. The van der Waals surface area contributed by atoms with Crippen molar-refractivity contribution < 1.29 is 9.53 Å². The van der Waals surface area contributed by atoms with Crippen molar-refractivity contribution in [3.05, 3.63) is 0 Å². The maximum absolute atomic E-state index is 11.6. The molecule has 84 valence electrons. The summed E-state index contributed by atoms with van der Waals surface area (Å²) in [5, 5.41) is 8.95. The standard InChI is InChI=1S/C9H16N4O2/c1-4-6(5-2)7(14)10-8-11-9(15-3)13-12-8/h6H,4-5H2,1-3H3,(H2,10,11,12,13,14). The monoisotopic (exact) mass is 212 g/mol. The first-order chi connectivity index (χ1) is 7.21. The van der Waals surface area contributed by atoms with E-state index in [-0.39, 0.29) is 17.8 Å². The number of carbonyl (C=O) groups excluding carboxylic acids is 1. The van der Waals surface area contributed by atoms with E-state index in [0.717, 1.165) is 12.8 Å². The van der Waals surface area contributed by atoms with Gasteiger partial charge in [-0.3, -0.25) is 10.1 Å². The molecule has 0 aliphatic carbocycles. The molecule has 0 bridgehead atoms. The van der Waals surface area contributed by atoms with Gasteiger partial charge in [0.2, 0.25) is 11.9 Å². The smallest absolute Gasteiger partial charge is 0.336 e. The van der Waals surface area contributed by atoms with Crippen LogP contribution in [0, 0.1) is 5.92 Å². The first-order valence-corrected chi connectivity index (χ1v) is 4.98. The van der Waals surface area contributed by atoms with Crippen molar-refractivity contribution in [2.75, 3.05) is 12.4 Å². The normalized spacial score (nSPS) is 10.4. The molecule has 0 aliphatic rings. The Morgan fingerprint density at radius 1 is 1.53 bits per heavy atom. The number of amides is 1. The topological polar surface area (TPSA) is 79.9 Å². The summed E-state index contributed by atoms with van der Waals surface area (Å²) in [4.78, 5) is 15.5. The van der Waals surface area contributed by atoms with Gasteiger partial charge < -0.3 is 4.74 Å². The molecule has 0 aliphatic heterocycles. The second-order valence-electron chi connectivity index (χ2n) is 3.17. The fourth-order valence-corrected chi connectivity index (χ4v) is 1.27. The maximum Gasteiger partial charge on any atom is 0.336 e. The number of anilines is 1. The van der Waals surface area contributed by atoms with Crippen molar-refractivity contribution in [3.8, 4) is 6.01 Å². The molecular weight excluding hydrogens is 196 g/mol. The van der Waals surface area contributed by atoms with Gasteiger partial charge in [-0.2, -0.15) is 4.98 Å². The van der Waals surface area contributed by atoms with Gasteiger partial charge in [0.05, 0.1) is 7.11 Å². The highest BCUT2D eigenvalue weighted by atomic mass is 16.5. The molecule has 0 radical (unpaired) electrons. The van der Waals surface area contributed by atoms with Gasteiger partial charge in [-0.15, -0.1) is 5.10 Å². The minimum absolute atomic E-state index is 0.0149. The van der Waals surface area contributed by atoms with Crippen molar-refractivity contribution >= 4 is 11.9 Å². The lowest BCUT2D eigenvalue weighted by Gasteiger charge is -2.10. The summed E-state index contributed by atoms with van der Waals surface area (Å²) in [7, 11) is 1.47. The number of aromatic amines is 1. The zero-order valence-electron chi connectivity index (χ0n) is 9.20. The summed E-state index contributed by atoms with van der Waals surface area (Å²) in [6, 6.07) is 0.217. The number of hydrogen-bond acceptors (Lipinski definition) is 4. The van der Waals surface area contributed by atoms with E-state index in [2.05, 4.69) is 20.5 Å². The molecule has 6 heteroatoms. The summed E-state index contributed by atoms with van der Waals surface area (Å²) in [5.41, 5.74) is 0. The number of rotatable bonds is 5. The van der Waals surface area contributed by atoms with Gasteiger partial charge in [0.15, 0.2) is 0 Å². The van der Waals surface area contributed by atoms with Crippen molar-refractivity contribution in [2.45, 2.75) is 26.7 Å². The third kappa shape index (κ3) is 2.93. The van der Waals surface area contributed by atoms with E-state index in [1.54, 1.807) is 0 Å². The zero-order valence-corrected chi connectivity index (χ0v) is 9.20. The molecule has 1 aromatic rings. The Hall–Kier alpha value is -1.59. The lowest BCUT2D eigenvalue weighted by Crippen LogP contribution is -2.22. The maximum atomic E-state index is 11.6. The van der Waals surface area contributed by atoms with Crippen molar-refractivity contribution in [1.82, 2.24) is 15.2 Å². The third-order valence-corrected chi connectivity index (χ3v) is 2.25. The molecule has 0 spiro atoms. The van der Waals surface area contributed by atoms with Crippen molar-refractivity contribution in [2.24, 2.45) is 5.92 Å². The average Bonchev–Trinajstić information content (AvgIpc) is 2.67. The lowest BCUT2D eigenvalue weighted by molar-refractivity contribution is -0.120. The van der Waals surface area contributed by atoms with Gasteiger partial charge in [0, 0.05) is 5.92 Å². The Bertz CT molecular complexity index is 320. The molecule has 0 fully saturated rings. The number of aromatic nitrogens is 3. The summed E-state index contributed by atoms with van der Waals surface area (Å²) < 4.78 is 4.78. The molecule has 0 saturated carbocycles. The number of carbonyl (C=O) groups is 1. The van der Waals surface area contributed by atoms with E-state index in [1.807, 2.05) is 13.8 Å². The van der Waals surface area contributed by atoms with Crippen LogP contribution in [0.1, 0.15) is 26.7 Å². The van der Waals surface area contributed by atoms with Crippen LogP contribution in [0.5, 0.6) is 6.01 Å². The SMILES string of the molecule is CCC(CC)C(=O)Nc1nc(OC)n[nH]1. The van der Waals surface area contributed by atoms with Crippen molar-refractivity contribution in [3.63, 3.8) is 0 Å². The average molecular weight is 212 g/mol. The Kier molecular flexibility index (Phi) is 4.08. The number of nitrogens with zero attached hydrogens (tertiary/aromatic N) is 2. The molecule has 0 aromatic carbocycles. The summed E-state index contributed by atoms with van der Waals surface area (Å²) in [6.07, 6.45) is 1.63. The van der Waals surface area contributed by atoms with Crippen molar-refractivity contribution in [1.29, 1.82) is 0 Å². The van der Waals surface area contributed by atoms with E-state index in [0.29, 0.717) is 5.95 Å². The summed E-state index contributed by atoms with van der Waals surface area (Å²) in [5.74, 6) is 0.295. The molecule has 1 rings (SSSR count). The van der Waals surface area contributed by atoms with E-state index < -0.39 is 0 Å². The lowest BCUT2D eigenvalue weighted by atomic mass is 10.0. The van der Waals surface area contributed by atoms with Gasteiger partial charge in [0.25, 0.3) is 0 Å². The fraction of sp³-hybridized carbons (Fsp3) is 0.667. The predicted octanol–water partition coefficient (Wildman–Crippen LogP) is 1.19. The Labute approximate surface area is 88.4 Å². The number of nitrogens with one attached hydrogen (secondary N) is 2. The van der Waals surface area contributed by atoms with Crippen LogP contribution in [0.15, 0.2) is 0 Å². The van der Waals surface area contributed by atoms with E-state index in [4.69, 9.17) is 4.74 Å². The van der Waals surface area contributed by atoms with Gasteiger partial charge in [0.1, 0.15) is 0 Å². The molecule has 1 heterocycles. The number of hydrogen-bond donors (Lipinski definition) is 2. The third-order valence-electron chi connectivity index (χ3n) is 2.25. The van der Waals surface area contributed by atoms with E-state index in [1.165, 1.54) is 7.11 Å². The number of methoxy groups -OCH3 is 1. The molecule has 2 N–H and O–H groups in total. The van der Waals surface area contributed by atoms with Gasteiger partial charge in [-0.1, -0.05) is 13.8 Å². The van der Waals surface area contributed by atoms with Crippen LogP contribution < -0.4 is 10.1 Å². The van der Waals surface area contributed by atoms with Crippen LogP contribution in [-0.4, -0.2) is 28.2 Å². The largest absolute Gasteiger partial charge is 0.466 e. The van der Waals surface area contributed by atoms with Gasteiger partial charge in [-0.25, -0.2) is 5.10 Å². The zero-order chi connectivity index (χ0) is 11.3.